The maximum absolute atomic E-state index is 6.02. The molecule has 0 saturated carbocycles. The second-order valence-corrected chi connectivity index (χ2v) is 11.1. The number of aromatic nitrogens is 6. The number of hydrogen-bond donors (Lipinski definition) is 1. The Morgan fingerprint density at radius 1 is 0.970 bits per heavy atom. The summed E-state index contributed by atoms with van der Waals surface area (Å²) in [5.41, 5.74) is 4.27. The van der Waals surface area contributed by atoms with Crippen LogP contribution in [0.25, 0.3) is 35.6 Å². The van der Waals surface area contributed by atoms with Gasteiger partial charge in [0.05, 0.1) is 0 Å². The van der Waals surface area contributed by atoms with Gasteiger partial charge in [-0.1, -0.05) is 0 Å². The number of rotatable bonds is 4. The first-order valence-electron chi connectivity index (χ1n) is 10.1. The van der Waals surface area contributed by atoms with Crippen LogP contribution in [0.1, 0.15) is 11.1 Å². The van der Waals surface area contributed by atoms with Crippen molar-refractivity contribution in [1.82, 2.24) is 29.8 Å². The topological polar surface area (TPSA) is 80.9 Å². The Kier molecular flexibility index (Phi) is 4.99. The van der Waals surface area contributed by atoms with Crippen LogP contribution >= 0.6 is 22.9 Å². The van der Waals surface area contributed by atoms with Gasteiger partial charge in [-0.25, -0.2) is 0 Å². The summed E-state index contributed by atoms with van der Waals surface area (Å²) in [5.74, 6) is 1.54. The van der Waals surface area contributed by atoms with Gasteiger partial charge >= 0.3 is 204 Å². The molecule has 0 bridgehead atoms. The van der Waals surface area contributed by atoms with E-state index in [0.717, 1.165) is 48.2 Å². The van der Waals surface area contributed by atoms with E-state index in [0.29, 0.717) is 5.02 Å². The predicted octanol–water partition coefficient (Wildman–Crippen LogP) is 5.53. The second-order valence-electron chi connectivity index (χ2n) is 7.58. The normalized spacial score (nSPS) is 11.5. The van der Waals surface area contributed by atoms with E-state index in [1.54, 1.807) is 17.7 Å². The summed E-state index contributed by atoms with van der Waals surface area (Å²) >= 11 is 7.60. The van der Waals surface area contributed by atoms with Gasteiger partial charge in [0.1, 0.15) is 0 Å². The molecule has 0 spiro atoms. The number of nitrogens with one attached hydrogen (secondary N) is 1. The van der Waals surface area contributed by atoms with Crippen LogP contribution < -0.4 is 5.32 Å². The van der Waals surface area contributed by atoms with Crippen molar-refractivity contribution in [3.8, 4) is 20.8 Å². The molecule has 0 aliphatic heterocycles. The molecule has 0 unspecified atom stereocenters. The third-order valence-electron chi connectivity index (χ3n) is 5.33. The molecule has 0 amide bonds. The van der Waals surface area contributed by atoms with Gasteiger partial charge < -0.3 is 0 Å². The van der Waals surface area contributed by atoms with Crippen LogP contribution in [0.5, 0.6) is 0 Å². The first-order valence-corrected chi connectivity index (χ1v) is 13.0. The first-order chi connectivity index (χ1) is 16.1. The van der Waals surface area contributed by atoms with Crippen molar-refractivity contribution in [3.63, 3.8) is 0 Å². The number of fused-ring (bicyclic) bond motifs is 2. The maximum atomic E-state index is 6.02. The molecule has 0 atom stereocenters. The van der Waals surface area contributed by atoms with Gasteiger partial charge in [-0.15, -0.1) is 0 Å². The fraction of sp³-hybridized carbons (Fsp3) is 0.0870. The predicted molar refractivity (Wildman–Crippen MR) is 134 cm³/mol. The summed E-state index contributed by atoms with van der Waals surface area (Å²) in [5, 5.41) is 19.7. The van der Waals surface area contributed by atoms with Crippen molar-refractivity contribution in [3.05, 3.63) is 71.0 Å². The van der Waals surface area contributed by atoms with E-state index >= 15 is 0 Å². The molecule has 7 nitrogen and oxygen atoms in total. The summed E-state index contributed by atoms with van der Waals surface area (Å²) in [6, 6.07) is 15.8. The van der Waals surface area contributed by atoms with Crippen molar-refractivity contribution in [1.29, 1.82) is 0 Å². The standard InChI is InChI=1S/C23H16ClN7SSe/c1-12-3-5-14(6-4-12)20-28-29-23-31(20)30-21(32-23)18-13(2)17-19(25-11-26-22(17)33-18)27-16-9-7-15(24)8-10-16/h3-11H,1-2H3,(H,25,26,27). The fourth-order valence-corrected chi connectivity index (χ4v) is 7.23. The number of hydrogen-bond acceptors (Lipinski definition) is 7. The molecule has 0 fully saturated rings. The summed E-state index contributed by atoms with van der Waals surface area (Å²) in [6.45, 7) is 4.18. The summed E-state index contributed by atoms with van der Waals surface area (Å²) in [4.78, 5) is 9.87. The number of halogens is 1. The van der Waals surface area contributed by atoms with Crippen molar-refractivity contribution < 1.29 is 0 Å². The van der Waals surface area contributed by atoms with Gasteiger partial charge in [0.15, 0.2) is 0 Å². The van der Waals surface area contributed by atoms with Crippen LogP contribution in [0.3, 0.4) is 0 Å². The molecule has 33 heavy (non-hydrogen) atoms. The van der Waals surface area contributed by atoms with Crippen LogP contribution in [0, 0.1) is 13.8 Å². The Labute approximate surface area is 203 Å². The van der Waals surface area contributed by atoms with Gasteiger partial charge in [0, 0.05) is 0 Å². The van der Waals surface area contributed by atoms with Crippen LogP contribution in [0.4, 0.5) is 11.5 Å². The molecule has 2 aromatic carbocycles. The van der Waals surface area contributed by atoms with Gasteiger partial charge in [-0.3, -0.25) is 0 Å². The molecular weight excluding hydrogens is 521 g/mol. The van der Waals surface area contributed by atoms with Gasteiger partial charge in [0.2, 0.25) is 0 Å². The quantitative estimate of drug-likeness (QED) is 0.298. The first kappa shape index (κ1) is 20.5. The van der Waals surface area contributed by atoms with E-state index in [1.165, 1.54) is 10.0 Å². The molecule has 0 aliphatic carbocycles. The van der Waals surface area contributed by atoms with Crippen LogP contribution in [0.15, 0.2) is 54.9 Å². The third kappa shape index (κ3) is 3.63. The Hall–Kier alpha value is -3.10. The van der Waals surface area contributed by atoms with E-state index in [2.05, 4.69) is 63.6 Å². The molecule has 0 saturated heterocycles. The summed E-state index contributed by atoms with van der Waals surface area (Å²) in [6.07, 6.45) is 1.61. The van der Waals surface area contributed by atoms with Crippen LogP contribution in [-0.2, 0) is 0 Å². The molecule has 1 N–H and O–H groups in total. The Morgan fingerprint density at radius 2 is 1.76 bits per heavy atom. The number of anilines is 2. The SMILES string of the molecule is Cc1ccc(-c2nnc3sc(-c4[se]c5ncnc(Nc6ccc(Cl)cc6)c5c4C)nn23)cc1. The van der Waals surface area contributed by atoms with E-state index in [4.69, 9.17) is 16.7 Å². The summed E-state index contributed by atoms with van der Waals surface area (Å²) in [7, 11) is 0. The molecule has 0 aliphatic rings. The minimum atomic E-state index is 0.0199. The van der Waals surface area contributed by atoms with E-state index in [-0.39, 0.29) is 14.5 Å². The molecule has 6 aromatic rings. The van der Waals surface area contributed by atoms with Crippen molar-refractivity contribution in [2.24, 2.45) is 0 Å². The Bertz CT molecular complexity index is 1620. The monoisotopic (exact) mass is 537 g/mol. The van der Waals surface area contributed by atoms with Crippen LogP contribution in [-0.4, -0.2) is 44.3 Å². The molecule has 10 heteroatoms. The Morgan fingerprint density at radius 3 is 2.55 bits per heavy atom. The molecule has 4 heterocycles. The molecular formula is C23H16ClN7SSe. The molecule has 162 valence electrons. The van der Waals surface area contributed by atoms with Crippen molar-refractivity contribution >= 4 is 63.7 Å². The fourth-order valence-electron chi connectivity index (χ4n) is 3.63. The Balaban J connectivity index is 1.43. The second kappa shape index (κ2) is 8.04. The number of benzene rings is 2. The number of nitrogens with zero attached hydrogens (tertiary/aromatic N) is 6. The number of aryl methyl sites for hydroxylation is 2. The zero-order chi connectivity index (χ0) is 22.5. The van der Waals surface area contributed by atoms with Gasteiger partial charge in [0.25, 0.3) is 0 Å². The van der Waals surface area contributed by atoms with E-state index in [9.17, 15) is 0 Å². The van der Waals surface area contributed by atoms with Crippen molar-refractivity contribution in [2.75, 3.05) is 5.32 Å². The zero-order valence-corrected chi connectivity index (χ0v) is 20.9. The zero-order valence-electron chi connectivity index (χ0n) is 17.6. The third-order valence-corrected chi connectivity index (χ3v) is 9.32. The average Bonchev–Trinajstić information content (AvgIpc) is 3.49. The minimum absolute atomic E-state index is 0.0199. The average molecular weight is 537 g/mol. The summed E-state index contributed by atoms with van der Waals surface area (Å²) < 4.78 is 4.08. The van der Waals surface area contributed by atoms with E-state index < -0.39 is 0 Å². The van der Waals surface area contributed by atoms with Crippen molar-refractivity contribution in [2.45, 2.75) is 13.8 Å². The molecule has 0 radical (unpaired) electrons. The van der Waals surface area contributed by atoms with E-state index in [1.807, 2.05) is 28.8 Å². The van der Waals surface area contributed by atoms with Gasteiger partial charge in [-0.05, 0) is 0 Å². The van der Waals surface area contributed by atoms with Gasteiger partial charge in [-0.2, -0.15) is 0 Å². The molecule has 6 rings (SSSR count). The molecule has 4 aromatic heterocycles. The van der Waals surface area contributed by atoms with Crippen LogP contribution in [0.2, 0.25) is 5.02 Å².